The number of halogens is 1. The predicted octanol–water partition coefficient (Wildman–Crippen LogP) is 3.03. The molecule has 43 heavy (non-hydrogen) atoms. The summed E-state index contributed by atoms with van der Waals surface area (Å²) in [6, 6.07) is 14.4. The van der Waals surface area contributed by atoms with Gasteiger partial charge in [0, 0.05) is 63.8 Å². The van der Waals surface area contributed by atoms with Crippen LogP contribution in [0.3, 0.4) is 0 Å². The molecule has 2 atom stereocenters. The van der Waals surface area contributed by atoms with Gasteiger partial charge in [-0.05, 0) is 44.2 Å². The van der Waals surface area contributed by atoms with Crippen molar-refractivity contribution in [3.8, 4) is 0 Å². The topological polar surface area (TPSA) is 108 Å². The second-order valence-corrected chi connectivity index (χ2v) is 12.5. The highest BCUT2D eigenvalue weighted by Gasteiger charge is 2.36. The highest BCUT2D eigenvalue weighted by atomic mass is 35.5. The number of nitrogens with one attached hydrogen (secondary N) is 1. The molecule has 1 N–H and O–H groups in total. The highest BCUT2D eigenvalue weighted by molar-refractivity contribution is 8.00. The lowest BCUT2D eigenvalue weighted by atomic mass is 10.1. The van der Waals surface area contributed by atoms with Gasteiger partial charge in [-0.2, -0.15) is 0 Å². The van der Waals surface area contributed by atoms with E-state index in [4.69, 9.17) is 16.6 Å². The Morgan fingerprint density at radius 2 is 1.79 bits per heavy atom. The zero-order chi connectivity index (χ0) is 30.5. The number of piperazine rings is 1. The quantitative estimate of drug-likeness (QED) is 0.288. The third-order valence-electron chi connectivity index (χ3n) is 8.11. The zero-order valence-corrected chi connectivity index (χ0v) is 26.1. The molecule has 0 radical (unpaired) electrons. The maximum absolute atomic E-state index is 14.0. The Morgan fingerprint density at radius 1 is 1.05 bits per heavy atom. The number of carbonyl (C=O) groups is 3. The molecule has 2 aromatic carbocycles. The average Bonchev–Trinajstić information content (AvgIpc) is 3.51. The Morgan fingerprint density at radius 3 is 2.51 bits per heavy atom. The van der Waals surface area contributed by atoms with E-state index in [1.807, 2.05) is 49.2 Å². The van der Waals surface area contributed by atoms with Gasteiger partial charge >= 0.3 is 0 Å². The van der Waals surface area contributed by atoms with Crippen LogP contribution in [0.2, 0.25) is 5.02 Å². The minimum absolute atomic E-state index is 0.0512. The highest BCUT2D eigenvalue weighted by Crippen LogP contribution is 2.37. The summed E-state index contributed by atoms with van der Waals surface area (Å²) in [5.74, 6) is -0.568. The van der Waals surface area contributed by atoms with Gasteiger partial charge in [0.15, 0.2) is 5.16 Å². The van der Waals surface area contributed by atoms with Gasteiger partial charge < -0.3 is 20.0 Å². The van der Waals surface area contributed by atoms with Crippen molar-refractivity contribution in [3.63, 3.8) is 0 Å². The molecule has 0 spiro atoms. The number of likely N-dealkylation sites (tertiary alicyclic amines) is 1. The van der Waals surface area contributed by atoms with Crippen molar-refractivity contribution in [3.05, 3.63) is 69.5 Å². The number of nitrogens with zero attached hydrogens (tertiary/aromatic N) is 5. The van der Waals surface area contributed by atoms with Crippen LogP contribution in [0, 0.1) is 5.92 Å². The summed E-state index contributed by atoms with van der Waals surface area (Å²) in [5, 5.41) is 3.59. The van der Waals surface area contributed by atoms with Crippen LogP contribution in [0.15, 0.2) is 58.5 Å². The summed E-state index contributed by atoms with van der Waals surface area (Å²) in [6.07, 6.45) is 0.812. The minimum Gasteiger partial charge on any atom is -0.355 e. The maximum atomic E-state index is 14.0. The maximum Gasteiger partial charge on any atom is 0.262 e. The molecule has 0 saturated carbocycles. The molecule has 12 heteroatoms. The van der Waals surface area contributed by atoms with Gasteiger partial charge in [-0.1, -0.05) is 53.7 Å². The summed E-state index contributed by atoms with van der Waals surface area (Å²) < 4.78 is 1.57. The first-order valence-electron chi connectivity index (χ1n) is 14.7. The summed E-state index contributed by atoms with van der Waals surface area (Å²) in [7, 11) is 2.04. The lowest BCUT2D eigenvalue weighted by molar-refractivity contribution is -0.132. The Kier molecular flexibility index (Phi) is 10.0. The Bertz CT molecular complexity index is 1540. The summed E-state index contributed by atoms with van der Waals surface area (Å²) in [6.45, 7) is 6.41. The molecule has 1 aromatic heterocycles. The van der Waals surface area contributed by atoms with Crippen molar-refractivity contribution >= 4 is 52.0 Å². The number of thioether (sulfide) groups is 1. The van der Waals surface area contributed by atoms with Gasteiger partial charge in [0.25, 0.3) is 5.56 Å². The molecule has 1 unspecified atom stereocenters. The molecule has 2 saturated heterocycles. The van der Waals surface area contributed by atoms with Gasteiger partial charge in [-0.15, -0.1) is 0 Å². The number of fused-ring (bicyclic) bond motifs is 1. The van der Waals surface area contributed by atoms with E-state index < -0.39 is 5.25 Å². The Hall–Kier alpha value is -3.41. The standard InChI is InChI=1S/C31H37ClN6O4S/c1-3-38-29(41)24-19-23(32)9-10-25(24)34-31(38)43-27(21-7-5-4-6-8-21)30(42)37-14-12-22(20-37)28(40)33-13-11-26(39)36-17-15-35(2)16-18-36/h4-10,19,22,27H,3,11-18,20H2,1-2H3,(H,33,40)/t22-,27?/m0/s1. The lowest BCUT2D eigenvalue weighted by Crippen LogP contribution is -2.47. The Labute approximate surface area is 260 Å². The van der Waals surface area contributed by atoms with Gasteiger partial charge in [-0.25, -0.2) is 4.98 Å². The number of aromatic nitrogens is 2. The van der Waals surface area contributed by atoms with Crippen molar-refractivity contribution < 1.29 is 14.4 Å². The predicted molar refractivity (Wildman–Crippen MR) is 168 cm³/mol. The first-order valence-corrected chi connectivity index (χ1v) is 16.0. The number of hydrogen-bond donors (Lipinski definition) is 1. The van der Waals surface area contributed by atoms with E-state index in [9.17, 15) is 19.2 Å². The summed E-state index contributed by atoms with van der Waals surface area (Å²) in [4.78, 5) is 63.3. The van der Waals surface area contributed by atoms with Crippen molar-refractivity contribution in [2.45, 2.75) is 36.7 Å². The molecule has 5 rings (SSSR count). The normalized spacial score (nSPS) is 18.2. The van der Waals surface area contributed by atoms with Crippen LogP contribution in [0.1, 0.15) is 30.6 Å². The SMILES string of the molecule is CCn1c(SC(C(=O)N2CC[C@H](C(=O)NCCC(=O)N3CCN(C)CC3)C2)c2ccccc2)nc2ccc(Cl)cc2c1=O. The average molecular weight is 625 g/mol. The van der Waals surface area contributed by atoms with E-state index in [1.165, 1.54) is 11.8 Å². The minimum atomic E-state index is -0.654. The Balaban J connectivity index is 1.26. The van der Waals surface area contributed by atoms with E-state index in [-0.39, 0.29) is 42.2 Å². The molecule has 0 aliphatic carbocycles. The molecule has 3 aromatic rings. The fourth-order valence-corrected chi connectivity index (χ4v) is 6.94. The second-order valence-electron chi connectivity index (χ2n) is 11.0. The molecule has 3 amide bonds. The fraction of sp³-hybridized carbons (Fsp3) is 0.452. The molecule has 3 heterocycles. The van der Waals surface area contributed by atoms with Crippen LogP contribution >= 0.6 is 23.4 Å². The largest absolute Gasteiger partial charge is 0.355 e. The van der Waals surface area contributed by atoms with Gasteiger partial charge in [0.05, 0.1) is 16.8 Å². The van der Waals surface area contributed by atoms with Crippen LogP contribution < -0.4 is 10.9 Å². The van der Waals surface area contributed by atoms with Crippen molar-refractivity contribution in [1.82, 2.24) is 29.6 Å². The van der Waals surface area contributed by atoms with Crippen molar-refractivity contribution in [2.75, 3.05) is 52.9 Å². The van der Waals surface area contributed by atoms with Crippen LogP contribution in [-0.4, -0.2) is 94.8 Å². The van der Waals surface area contributed by atoms with Crippen molar-refractivity contribution in [2.24, 2.45) is 5.92 Å². The summed E-state index contributed by atoms with van der Waals surface area (Å²) in [5.41, 5.74) is 1.10. The lowest BCUT2D eigenvalue weighted by Gasteiger charge is -2.32. The third-order valence-corrected chi connectivity index (χ3v) is 9.58. The molecular formula is C31H37ClN6O4S. The van der Waals surface area contributed by atoms with Gasteiger partial charge in [0.2, 0.25) is 17.7 Å². The molecule has 0 bridgehead atoms. The molecule has 2 aliphatic heterocycles. The van der Waals surface area contributed by atoms with Crippen LogP contribution in [0.5, 0.6) is 0 Å². The van der Waals surface area contributed by atoms with Crippen LogP contribution in [0.25, 0.3) is 10.9 Å². The van der Waals surface area contributed by atoms with E-state index in [2.05, 4.69) is 10.2 Å². The number of hydrogen-bond acceptors (Lipinski definition) is 7. The second kappa shape index (κ2) is 13.9. The molecule has 10 nitrogen and oxygen atoms in total. The number of rotatable bonds is 9. The monoisotopic (exact) mass is 624 g/mol. The first-order chi connectivity index (χ1) is 20.7. The number of carbonyl (C=O) groups excluding carboxylic acids is 3. The number of amides is 3. The summed E-state index contributed by atoms with van der Waals surface area (Å²) >= 11 is 7.38. The van der Waals surface area contributed by atoms with Crippen LogP contribution in [0.4, 0.5) is 0 Å². The number of likely N-dealkylation sites (N-methyl/N-ethyl adjacent to an activating group) is 1. The molecule has 2 aliphatic rings. The molecule has 228 valence electrons. The fourth-order valence-electron chi connectivity index (χ4n) is 5.53. The van der Waals surface area contributed by atoms with Gasteiger partial charge in [0.1, 0.15) is 5.25 Å². The van der Waals surface area contributed by atoms with E-state index in [0.717, 1.165) is 18.7 Å². The van der Waals surface area contributed by atoms with Crippen LogP contribution in [-0.2, 0) is 20.9 Å². The number of benzene rings is 2. The smallest absolute Gasteiger partial charge is 0.262 e. The third kappa shape index (κ3) is 7.22. The van der Waals surface area contributed by atoms with Gasteiger partial charge in [-0.3, -0.25) is 23.7 Å². The van der Waals surface area contributed by atoms with Crippen molar-refractivity contribution in [1.29, 1.82) is 0 Å². The first kappa shape index (κ1) is 31.0. The molecular weight excluding hydrogens is 588 g/mol. The van der Waals surface area contributed by atoms with E-state index in [1.54, 1.807) is 27.7 Å². The van der Waals surface area contributed by atoms with E-state index >= 15 is 0 Å². The van der Waals surface area contributed by atoms with E-state index in [0.29, 0.717) is 60.2 Å². The zero-order valence-electron chi connectivity index (χ0n) is 24.5. The molecule has 2 fully saturated rings.